The van der Waals surface area contributed by atoms with Gasteiger partial charge in [-0.15, -0.1) is 0 Å². The summed E-state index contributed by atoms with van der Waals surface area (Å²) in [6, 6.07) is 19.4. The minimum atomic E-state index is -0.293. The van der Waals surface area contributed by atoms with Gasteiger partial charge in [0.05, 0.1) is 49.8 Å². The van der Waals surface area contributed by atoms with Crippen molar-refractivity contribution >= 4 is 23.7 Å². The van der Waals surface area contributed by atoms with E-state index in [1.54, 1.807) is 43.5 Å². The topological polar surface area (TPSA) is 108 Å². The molecule has 0 aliphatic heterocycles. The maximum Gasteiger partial charge on any atom is 0.193 e. The molecule has 4 aromatic rings. The number of ether oxygens (including phenoxy) is 8. The summed E-state index contributed by atoms with van der Waals surface area (Å²) in [5, 5.41) is 0. The number of carbonyl (C=O) groups excluding carboxylic acids is 2. The summed E-state index contributed by atoms with van der Waals surface area (Å²) < 4.78 is 43.8. The summed E-state index contributed by atoms with van der Waals surface area (Å²) in [6.07, 6.45) is 6.32. The van der Waals surface area contributed by atoms with Crippen LogP contribution in [0.2, 0.25) is 0 Å². The zero-order valence-corrected chi connectivity index (χ0v) is 27.9. The van der Waals surface area contributed by atoms with Crippen LogP contribution < -0.4 is 37.9 Å². The Labute approximate surface area is 280 Å². The van der Waals surface area contributed by atoms with Gasteiger partial charge >= 0.3 is 0 Å². The predicted octanol–water partition coefficient (Wildman–Crippen LogP) is 7.12. The third-order valence-electron chi connectivity index (χ3n) is 7.36. The van der Waals surface area contributed by atoms with Crippen molar-refractivity contribution in [3.63, 3.8) is 0 Å². The fourth-order valence-corrected chi connectivity index (χ4v) is 4.86. The number of ketones is 2. The molecule has 0 unspecified atom stereocenters. The van der Waals surface area contributed by atoms with Crippen LogP contribution in [-0.2, 0) is 6.61 Å². The van der Waals surface area contributed by atoms with E-state index in [0.29, 0.717) is 51.6 Å². The van der Waals surface area contributed by atoms with Crippen LogP contribution in [0.5, 0.6) is 46.0 Å². The molecule has 4 rings (SSSR count). The van der Waals surface area contributed by atoms with Gasteiger partial charge in [-0.1, -0.05) is 30.4 Å². The van der Waals surface area contributed by atoms with Crippen LogP contribution in [0.1, 0.15) is 37.4 Å². The van der Waals surface area contributed by atoms with E-state index < -0.39 is 0 Å². The van der Waals surface area contributed by atoms with E-state index in [4.69, 9.17) is 37.9 Å². The lowest BCUT2D eigenvalue weighted by Gasteiger charge is -2.13. The van der Waals surface area contributed by atoms with E-state index in [1.165, 1.54) is 54.8 Å². The number of rotatable bonds is 16. The Bertz CT molecular complexity index is 1760. The highest BCUT2D eigenvalue weighted by atomic mass is 16.5. The van der Waals surface area contributed by atoms with E-state index in [1.807, 2.05) is 42.5 Å². The van der Waals surface area contributed by atoms with Crippen molar-refractivity contribution < 1.29 is 47.5 Å². The van der Waals surface area contributed by atoms with Crippen molar-refractivity contribution in [3.05, 3.63) is 107 Å². The first-order valence-electron chi connectivity index (χ1n) is 14.7. The third kappa shape index (κ3) is 8.27. The van der Waals surface area contributed by atoms with Gasteiger partial charge in [0.1, 0.15) is 63.7 Å². The van der Waals surface area contributed by atoms with E-state index >= 15 is 0 Å². The number of methoxy groups -OCH3 is 7. The van der Waals surface area contributed by atoms with E-state index in [0.717, 1.165) is 16.7 Å². The molecular weight excluding hydrogens is 616 g/mol. The molecule has 0 fully saturated rings. The van der Waals surface area contributed by atoms with Gasteiger partial charge in [-0.2, -0.15) is 0 Å². The Kier molecular flexibility index (Phi) is 12.1. The van der Waals surface area contributed by atoms with Crippen molar-refractivity contribution in [2.75, 3.05) is 49.8 Å². The number of carbonyl (C=O) groups is 2. The van der Waals surface area contributed by atoms with Crippen LogP contribution in [0, 0.1) is 0 Å². The molecule has 250 valence electrons. The van der Waals surface area contributed by atoms with Crippen molar-refractivity contribution in [2.24, 2.45) is 0 Å². The van der Waals surface area contributed by atoms with Crippen molar-refractivity contribution in [2.45, 2.75) is 6.61 Å². The zero-order chi connectivity index (χ0) is 34.6. The molecule has 0 aliphatic carbocycles. The molecule has 10 nitrogen and oxygen atoms in total. The Morgan fingerprint density at radius 1 is 0.479 bits per heavy atom. The highest BCUT2D eigenvalue weighted by molar-refractivity contribution is 6.11. The van der Waals surface area contributed by atoms with Gasteiger partial charge in [0, 0.05) is 29.8 Å². The lowest BCUT2D eigenvalue weighted by Crippen LogP contribution is -2.03. The first kappa shape index (κ1) is 35.0. The second-order valence-corrected chi connectivity index (χ2v) is 10.1. The summed E-state index contributed by atoms with van der Waals surface area (Å²) in [4.78, 5) is 26.2. The van der Waals surface area contributed by atoms with Crippen LogP contribution in [0.3, 0.4) is 0 Å². The third-order valence-corrected chi connectivity index (χ3v) is 7.36. The molecule has 0 aliphatic rings. The van der Waals surface area contributed by atoms with Crippen molar-refractivity contribution in [1.82, 2.24) is 0 Å². The second kappa shape index (κ2) is 16.6. The maximum atomic E-state index is 13.2. The molecule has 0 heterocycles. The SMILES string of the molecule is COc1cc(OC)c(C(=O)/C=C/c2ccc(OCc3cc(/C=C/C(=O)c4c(OC)cc(OC)cc4OC)ccc3OC)cc2)c(OC)c1. The molecule has 0 radical (unpaired) electrons. The van der Waals surface area contributed by atoms with Crippen LogP contribution >= 0.6 is 0 Å². The summed E-state index contributed by atoms with van der Waals surface area (Å²) in [7, 11) is 10.6. The summed E-state index contributed by atoms with van der Waals surface area (Å²) in [5.74, 6) is 3.10. The second-order valence-electron chi connectivity index (χ2n) is 10.1. The van der Waals surface area contributed by atoms with Crippen LogP contribution in [0.15, 0.2) is 78.9 Å². The molecule has 48 heavy (non-hydrogen) atoms. The molecule has 0 bridgehead atoms. The van der Waals surface area contributed by atoms with Crippen LogP contribution in [0.4, 0.5) is 0 Å². The molecular formula is C38H38O10. The molecule has 0 saturated carbocycles. The van der Waals surface area contributed by atoms with Gasteiger partial charge in [-0.3, -0.25) is 9.59 Å². The molecule has 10 heteroatoms. The van der Waals surface area contributed by atoms with Gasteiger partial charge in [0.15, 0.2) is 11.6 Å². The first-order valence-corrected chi connectivity index (χ1v) is 14.7. The normalized spacial score (nSPS) is 10.9. The Morgan fingerprint density at radius 3 is 1.31 bits per heavy atom. The maximum absolute atomic E-state index is 13.2. The molecule has 0 amide bonds. The number of hydrogen-bond donors (Lipinski definition) is 0. The summed E-state index contributed by atoms with van der Waals surface area (Å²) in [6.45, 7) is 0.212. The minimum absolute atomic E-state index is 0.212. The number of hydrogen-bond acceptors (Lipinski definition) is 10. The van der Waals surface area contributed by atoms with Crippen LogP contribution in [0.25, 0.3) is 12.2 Å². The standard InChI is InChI=1S/C38H38O10/c1-41-28-19-33(44-4)37(34(20-28)45-5)30(39)15-10-24-8-13-27(14-9-24)48-23-26-18-25(12-17-32(26)43-3)11-16-31(40)38-35(46-6)21-29(42-2)22-36(38)47-7/h8-22H,23H2,1-7H3/b15-10+,16-11+. The number of allylic oxidation sites excluding steroid dienone is 2. The highest BCUT2D eigenvalue weighted by Crippen LogP contribution is 2.36. The summed E-state index contributed by atoms with van der Waals surface area (Å²) >= 11 is 0. The average Bonchev–Trinajstić information content (AvgIpc) is 3.14. The van der Waals surface area contributed by atoms with Gasteiger partial charge in [-0.25, -0.2) is 0 Å². The Hall–Kier alpha value is -5.90. The fourth-order valence-electron chi connectivity index (χ4n) is 4.86. The largest absolute Gasteiger partial charge is 0.496 e. The van der Waals surface area contributed by atoms with Gasteiger partial charge in [-0.05, 0) is 47.5 Å². The molecule has 0 spiro atoms. The zero-order valence-electron chi connectivity index (χ0n) is 27.9. The average molecular weight is 655 g/mol. The fraction of sp³-hybridized carbons (Fsp3) is 0.211. The van der Waals surface area contributed by atoms with E-state index in [2.05, 4.69) is 0 Å². The smallest absolute Gasteiger partial charge is 0.193 e. The van der Waals surface area contributed by atoms with E-state index in [9.17, 15) is 9.59 Å². The van der Waals surface area contributed by atoms with Crippen molar-refractivity contribution in [3.8, 4) is 46.0 Å². The Morgan fingerprint density at radius 2 is 0.896 bits per heavy atom. The Balaban J connectivity index is 1.45. The lowest BCUT2D eigenvalue weighted by atomic mass is 10.0. The monoisotopic (exact) mass is 654 g/mol. The first-order chi connectivity index (χ1) is 23.3. The molecule has 0 N–H and O–H groups in total. The lowest BCUT2D eigenvalue weighted by molar-refractivity contribution is 0.103. The predicted molar refractivity (Wildman–Crippen MR) is 183 cm³/mol. The van der Waals surface area contributed by atoms with Gasteiger partial charge in [0.25, 0.3) is 0 Å². The molecule has 0 atom stereocenters. The number of benzene rings is 4. The quantitative estimate of drug-likeness (QED) is 0.0916. The highest BCUT2D eigenvalue weighted by Gasteiger charge is 2.20. The van der Waals surface area contributed by atoms with E-state index in [-0.39, 0.29) is 23.7 Å². The van der Waals surface area contributed by atoms with Crippen LogP contribution in [-0.4, -0.2) is 61.3 Å². The van der Waals surface area contributed by atoms with Crippen molar-refractivity contribution in [1.29, 1.82) is 0 Å². The molecule has 4 aromatic carbocycles. The molecule has 0 aromatic heterocycles. The van der Waals surface area contributed by atoms with Gasteiger partial charge < -0.3 is 37.9 Å². The summed E-state index contributed by atoms with van der Waals surface area (Å²) in [5.41, 5.74) is 2.93. The molecule has 0 saturated heterocycles. The van der Waals surface area contributed by atoms with Gasteiger partial charge in [0.2, 0.25) is 0 Å². The minimum Gasteiger partial charge on any atom is -0.496 e.